The third-order valence-corrected chi connectivity index (χ3v) is 12.8. The van der Waals surface area contributed by atoms with Crippen molar-refractivity contribution < 1.29 is 42.1 Å². The number of quaternary nitrogens is 1. The van der Waals surface area contributed by atoms with Crippen LogP contribution in [0.2, 0.25) is 0 Å². The van der Waals surface area contributed by atoms with Crippen LogP contribution in [0.25, 0.3) is 0 Å². The Labute approximate surface area is 442 Å². The molecule has 10 heteroatoms. The highest BCUT2D eigenvalue weighted by molar-refractivity contribution is 7.47. The second-order valence-corrected chi connectivity index (χ2v) is 21.4. The van der Waals surface area contributed by atoms with Crippen LogP contribution in [0.1, 0.15) is 219 Å². The van der Waals surface area contributed by atoms with E-state index in [2.05, 4.69) is 123 Å². The fourth-order valence-electron chi connectivity index (χ4n) is 7.44. The Balaban J connectivity index is 4.22. The topological polar surface area (TPSA) is 108 Å². The summed E-state index contributed by atoms with van der Waals surface area (Å²) in [6.45, 7) is 4.19. The molecule has 0 fully saturated rings. The molecule has 9 nitrogen and oxygen atoms in total. The van der Waals surface area contributed by atoms with Crippen molar-refractivity contribution in [2.75, 3.05) is 47.5 Å². The van der Waals surface area contributed by atoms with Gasteiger partial charge in [-0.2, -0.15) is 0 Å². The number of allylic oxidation sites excluding steroid dienone is 18. The molecular formula is C62H107NO8P+. The number of hydrogen-bond donors (Lipinski definition) is 1. The van der Waals surface area contributed by atoms with E-state index in [1.165, 1.54) is 70.6 Å². The van der Waals surface area contributed by atoms with Crippen LogP contribution in [0, 0.1) is 0 Å². The van der Waals surface area contributed by atoms with Gasteiger partial charge in [0.1, 0.15) is 19.8 Å². The molecule has 0 rings (SSSR count). The summed E-state index contributed by atoms with van der Waals surface area (Å²) in [5.41, 5.74) is 0. The molecule has 0 aromatic rings. The van der Waals surface area contributed by atoms with Gasteiger partial charge in [-0.15, -0.1) is 0 Å². The van der Waals surface area contributed by atoms with Crippen LogP contribution in [-0.4, -0.2) is 74.9 Å². The highest BCUT2D eigenvalue weighted by Crippen LogP contribution is 2.43. The first-order chi connectivity index (χ1) is 35.0. The van der Waals surface area contributed by atoms with Crippen molar-refractivity contribution in [1.29, 1.82) is 0 Å². The third kappa shape index (κ3) is 56.0. The van der Waals surface area contributed by atoms with Gasteiger partial charge in [0, 0.05) is 12.8 Å². The van der Waals surface area contributed by atoms with Gasteiger partial charge >= 0.3 is 19.8 Å². The first kappa shape index (κ1) is 68.7. The van der Waals surface area contributed by atoms with Crippen molar-refractivity contribution in [2.24, 2.45) is 0 Å². The number of carbonyl (C=O) groups is 2. The number of phosphoric acid groups is 1. The SMILES string of the molecule is CC/C=C\C/C=C\C/C=C\C/C=C\C/C=C\CCCCCCCCCCCC(=O)OC(COC(=O)CCCCCCCCCCCC/C=C\C/C=C\C/C=C\C/C=C\CC)COP(=O)(O)OCC[N+](C)(C)C. The molecule has 2 unspecified atom stereocenters. The Morgan fingerprint density at radius 3 is 1.11 bits per heavy atom. The molecule has 0 radical (unpaired) electrons. The fraction of sp³-hybridized carbons (Fsp3) is 0.677. The smallest absolute Gasteiger partial charge is 0.462 e. The number of phosphoric ester groups is 1. The van der Waals surface area contributed by atoms with E-state index in [0.717, 1.165) is 116 Å². The molecule has 1 N–H and O–H groups in total. The third-order valence-electron chi connectivity index (χ3n) is 11.8. The molecule has 0 aliphatic heterocycles. The highest BCUT2D eigenvalue weighted by atomic mass is 31.2. The van der Waals surface area contributed by atoms with E-state index in [4.69, 9.17) is 18.5 Å². The zero-order valence-corrected chi connectivity index (χ0v) is 47.5. The molecule has 0 amide bonds. The minimum absolute atomic E-state index is 0.0241. The molecule has 0 aromatic carbocycles. The first-order valence-corrected chi connectivity index (χ1v) is 30.1. The quantitative estimate of drug-likeness (QED) is 0.0211. The van der Waals surface area contributed by atoms with Crippen LogP contribution in [-0.2, 0) is 32.7 Å². The zero-order valence-electron chi connectivity index (χ0n) is 46.6. The van der Waals surface area contributed by atoms with Gasteiger partial charge in [0.15, 0.2) is 6.10 Å². The standard InChI is InChI=1S/C62H106NO8P/c1-6-8-10-12-14-16-18-20-22-24-26-28-30-31-33-35-37-39-41-43-45-47-49-51-53-55-62(65)71-60(59-70-72(66,67)69-57-56-63(3,4)5)58-68-61(64)54-52-50-48-46-44-42-40-38-36-34-32-29-27-25-23-21-19-17-15-13-11-9-7-2/h8-11,14-17,20-23,26-29,31,33,60H,6-7,12-13,18-19,24-25,30,32,34-59H2,1-5H3/p+1/b10-8-,11-9-,16-14-,17-15-,22-20-,23-21-,28-26-,29-27-,33-31-. The Hall–Kier alpha value is -3.33. The minimum atomic E-state index is -4.40. The van der Waals surface area contributed by atoms with Crippen LogP contribution in [0.15, 0.2) is 109 Å². The summed E-state index contributed by atoms with van der Waals surface area (Å²) in [5, 5.41) is 0. The van der Waals surface area contributed by atoms with E-state index >= 15 is 0 Å². The molecule has 72 heavy (non-hydrogen) atoms. The lowest BCUT2D eigenvalue weighted by Crippen LogP contribution is -2.37. The van der Waals surface area contributed by atoms with Crippen LogP contribution in [0.3, 0.4) is 0 Å². The van der Waals surface area contributed by atoms with E-state index in [1.54, 1.807) is 0 Å². The van der Waals surface area contributed by atoms with Crippen LogP contribution >= 0.6 is 7.82 Å². The molecule has 0 bridgehead atoms. The number of rotatable bonds is 51. The molecule has 0 aromatic heterocycles. The number of nitrogens with zero attached hydrogens (tertiary/aromatic N) is 1. The van der Waals surface area contributed by atoms with Crippen LogP contribution in [0.4, 0.5) is 0 Å². The normalized spacial score (nSPS) is 14.1. The number of ether oxygens (including phenoxy) is 2. The van der Waals surface area contributed by atoms with Gasteiger partial charge in [-0.25, -0.2) is 4.57 Å². The number of carbonyl (C=O) groups excluding carboxylic acids is 2. The lowest BCUT2D eigenvalue weighted by molar-refractivity contribution is -0.870. The summed E-state index contributed by atoms with van der Waals surface area (Å²) in [6.07, 6.45) is 72.9. The van der Waals surface area contributed by atoms with Gasteiger partial charge in [0.2, 0.25) is 0 Å². The second-order valence-electron chi connectivity index (χ2n) is 19.9. The van der Waals surface area contributed by atoms with E-state index in [1.807, 2.05) is 21.1 Å². The Bertz CT molecular complexity index is 1580. The maximum atomic E-state index is 12.8. The van der Waals surface area contributed by atoms with Crippen molar-refractivity contribution >= 4 is 19.8 Å². The molecular weight excluding hydrogens is 918 g/mol. The monoisotopic (exact) mass is 1020 g/mol. The molecule has 0 aliphatic carbocycles. The lowest BCUT2D eigenvalue weighted by atomic mass is 10.1. The predicted molar refractivity (Wildman–Crippen MR) is 307 cm³/mol. The zero-order chi connectivity index (χ0) is 52.7. The van der Waals surface area contributed by atoms with E-state index in [9.17, 15) is 19.0 Å². The average molecular weight is 1030 g/mol. The molecule has 0 saturated carbocycles. The summed E-state index contributed by atoms with van der Waals surface area (Å²) in [4.78, 5) is 35.7. The van der Waals surface area contributed by atoms with Crippen molar-refractivity contribution in [3.05, 3.63) is 109 Å². The maximum Gasteiger partial charge on any atom is 0.472 e. The first-order valence-electron chi connectivity index (χ1n) is 28.6. The largest absolute Gasteiger partial charge is 0.472 e. The van der Waals surface area contributed by atoms with Gasteiger partial charge in [-0.1, -0.05) is 220 Å². The van der Waals surface area contributed by atoms with E-state index in [0.29, 0.717) is 17.4 Å². The number of esters is 2. The highest BCUT2D eigenvalue weighted by Gasteiger charge is 2.27. The Kier molecular flexibility index (Phi) is 50.1. The second kappa shape index (κ2) is 52.5. The minimum Gasteiger partial charge on any atom is -0.462 e. The van der Waals surface area contributed by atoms with E-state index < -0.39 is 26.5 Å². The molecule has 0 heterocycles. The van der Waals surface area contributed by atoms with Gasteiger partial charge < -0.3 is 18.9 Å². The van der Waals surface area contributed by atoms with Gasteiger partial charge in [0.25, 0.3) is 0 Å². The van der Waals surface area contributed by atoms with Crippen molar-refractivity contribution in [1.82, 2.24) is 0 Å². The average Bonchev–Trinajstić information content (AvgIpc) is 3.34. The Morgan fingerprint density at radius 1 is 0.431 bits per heavy atom. The van der Waals surface area contributed by atoms with Crippen LogP contribution in [0.5, 0.6) is 0 Å². The Morgan fingerprint density at radius 2 is 0.750 bits per heavy atom. The molecule has 0 spiro atoms. The molecule has 2 atom stereocenters. The van der Waals surface area contributed by atoms with Crippen LogP contribution < -0.4 is 0 Å². The summed E-state index contributed by atoms with van der Waals surface area (Å²) in [5.74, 6) is -0.814. The van der Waals surface area contributed by atoms with Gasteiger partial charge in [0.05, 0.1) is 27.7 Å². The fourth-order valence-corrected chi connectivity index (χ4v) is 8.19. The summed E-state index contributed by atoms with van der Waals surface area (Å²) in [6, 6.07) is 0. The number of likely N-dealkylation sites (N-methyl/N-ethyl adjacent to an activating group) is 1. The molecule has 0 aliphatic rings. The predicted octanol–water partition coefficient (Wildman–Crippen LogP) is 17.8. The lowest BCUT2D eigenvalue weighted by Gasteiger charge is -2.24. The van der Waals surface area contributed by atoms with E-state index in [-0.39, 0.29) is 32.0 Å². The molecule has 0 saturated heterocycles. The van der Waals surface area contributed by atoms with Crippen molar-refractivity contribution in [3.63, 3.8) is 0 Å². The summed E-state index contributed by atoms with van der Waals surface area (Å²) < 4.78 is 34.6. The summed E-state index contributed by atoms with van der Waals surface area (Å²) in [7, 11) is 1.46. The van der Waals surface area contributed by atoms with Gasteiger partial charge in [-0.05, 0) is 96.3 Å². The number of unbranched alkanes of at least 4 members (excludes halogenated alkanes) is 19. The van der Waals surface area contributed by atoms with Gasteiger partial charge in [-0.3, -0.25) is 18.6 Å². The summed E-state index contributed by atoms with van der Waals surface area (Å²) >= 11 is 0. The number of hydrogen-bond acceptors (Lipinski definition) is 7. The maximum absolute atomic E-state index is 12.8. The van der Waals surface area contributed by atoms with Crippen molar-refractivity contribution in [2.45, 2.75) is 225 Å². The molecule has 412 valence electrons. The van der Waals surface area contributed by atoms with Crippen molar-refractivity contribution in [3.8, 4) is 0 Å².